The van der Waals surface area contributed by atoms with E-state index in [4.69, 9.17) is 9.26 Å². The molecule has 0 aliphatic heterocycles. The highest BCUT2D eigenvalue weighted by molar-refractivity contribution is 7.89. The summed E-state index contributed by atoms with van der Waals surface area (Å²) in [6, 6.07) is 10.1. The lowest BCUT2D eigenvalue weighted by Gasteiger charge is -2.12. The van der Waals surface area contributed by atoms with Gasteiger partial charge in [-0.15, -0.1) is 0 Å². The number of rotatable bonds is 9. The number of nitrogens with one attached hydrogen (secondary N) is 1. The maximum absolute atomic E-state index is 11.9. The lowest BCUT2D eigenvalue weighted by Crippen LogP contribution is -2.40. The van der Waals surface area contributed by atoms with Crippen LogP contribution in [-0.2, 0) is 26.2 Å². The number of unbranched alkanes of at least 4 members (excludes halogenated alkanes) is 1. The van der Waals surface area contributed by atoms with Crippen LogP contribution in [0.3, 0.4) is 0 Å². The molecule has 0 radical (unpaired) electrons. The quantitative estimate of drug-likeness (QED) is 0.685. The van der Waals surface area contributed by atoms with Crippen molar-refractivity contribution in [2.45, 2.75) is 39.3 Å². The maximum Gasteiger partial charge on any atom is 0.324 e. The molecule has 7 nitrogen and oxygen atoms in total. The van der Waals surface area contributed by atoms with Gasteiger partial charge in [-0.05, 0) is 13.3 Å². The standard InChI is InChI=1S/C17H22N2O5S/c1-3-4-10-25(21,22)19-13(2)17(20)23-12-15-11-16(24-18-15)14-8-6-5-7-9-14/h5-9,11,13,19H,3-4,10,12H2,1-2H3/t13-/m0/s1. The molecule has 0 amide bonds. The number of aromatic nitrogens is 1. The van der Waals surface area contributed by atoms with Gasteiger partial charge in [-0.3, -0.25) is 4.79 Å². The molecule has 1 atom stereocenters. The third kappa shape index (κ3) is 5.99. The van der Waals surface area contributed by atoms with Gasteiger partial charge in [0.05, 0.1) is 5.75 Å². The zero-order valence-electron chi connectivity index (χ0n) is 14.3. The highest BCUT2D eigenvalue weighted by atomic mass is 32.2. The van der Waals surface area contributed by atoms with E-state index in [1.54, 1.807) is 6.07 Å². The Kier molecular flexibility index (Phi) is 6.72. The van der Waals surface area contributed by atoms with Crippen molar-refractivity contribution in [3.63, 3.8) is 0 Å². The molecule has 25 heavy (non-hydrogen) atoms. The number of hydrogen-bond acceptors (Lipinski definition) is 6. The number of hydrogen-bond donors (Lipinski definition) is 1. The number of benzene rings is 1. The molecular formula is C17H22N2O5S. The second-order valence-electron chi connectivity index (χ2n) is 5.67. The lowest BCUT2D eigenvalue weighted by molar-refractivity contribution is -0.146. The van der Waals surface area contributed by atoms with Crippen molar-refractivity contribution in [2.24, 2.45) is 0 Å². The minimum absolute atomic E-state index is 0.00909. The molecule has 0 fully saturated rings. The Hall–Kier alpha value is -2.19. The molecule has 8 heteroatoms. The van der Waals surface area contributed by atoms with Gasteiger partial charge >= 0.3 is 5.97 Å². The summed E-state index contributed by atoms with van der Waals surface area (Å²) in [6.45, 7) is 3.26. The first-order valence-electron chi connectivity index (χ1n) is 8.09. The minimum Gasteiger partial charge on any atom is -0.458 e. The third-order valence-corrected chi connectivity index (χ3v) is 4.99. The van der Waals surface area contributed by atoms with Crippen LogP contribution in [0.25, 0.3) is 11.3 Å². The average Bonchev–Trinajstić information content (AvgIpc) is 3.07. The fourth-order valence-corrected chi connectivity index (χ4v) is 3.52. The Balaban J connectivity index is 1.86. The van der Waals surface area contributed by atoms with Gasteiger partial charge in [0.1, 0.15) is 18.3 Å². The topological polar surface area (TPSA) is 98.5 Å². The van der Waals surface area contributed by atoms with Gasteiger partial charge in [0.25, 0.3) is 0 Å². The van der Waals surface area contributed by atoms with E-state index < -0.39 is 22.0 Å². The SMILES string of the molecule is CCCCS(=O)(=O)N[C@@H](C)C(=O)OCc1cc(-c2ccccc2)on1. The van der Waals surface area contributed by atoms with E-state index in [0.717, 1.165) is 12.0 Å². The molecule has 0 aliphatic rings. The lowest BCUT2D eigenvalue weighted by atomic mass is 10.2. The third-order valence-electron chi connectivity index (χ3n) is 3.46. The van der Waals surface area contributed by atoms with Gasteiger partial charge in [0, 0.05) is 11.6 Å². The second kappa shape index (κ2) is 8.77. The molecule has 1 aromatic carbocycles. The molecule has 136 valence electrons. The Morgan fingerprint density at radius 2 is 2.04 bits per heavy atom. The van der Waals surface area contributed by atoms with Crippen LogP contribution in [-0.4, -0.2) is 31.3 Å². The summed E-state index contributed by atoms with van der Waals surface area (Å²) in [4.78, 5) is 11.9. The largest absolute Gasteiger partial charge is 0.458 e. The number of nitrogens with zero attached hydrogens (tertiary/aromatic N) is 1. The van der Waals surface area contributed by atoms with E-state index in [9.17, 15) is 13.2 Å². The average molecular weight is 366 g/mol. The number of esters is 1. The molecule has 2 aromatic rings. The monoisotopic (exact) mass is 366 g/mol. The van der Waals surface area contributed by atoms with Crippen molar-refractivity contribution in [3.05, 3.63) is 42.1 Å². The highest BCUT2D eigenvalue weighted by Gasteiger charge is 2.21. The Bertz CT molecular complexity index is 786. The van der Waals surface area contributed by atoms with Gasteiger partial charge in [0.15, 0.2) is 5.76 Å². The molecule has 1 heterocycles. The molecule has 0 spiro atoms. The van der Waals surface area contributed by atoms with Crippen LogP contribution in [0.4, 0.5) is 0 Å². The summed E-state index contributed by atoms with van der Waals surface area (Å²) < 4.78 is 36.2. The van der Waals surface area contributed by atoms with Crippen LogP contribution in [0.5, 0.6) is 0 Å². The van der Waals surface area contributed by atoms with Gasteiger partial charge in [0.2, 0.25) is 10.0 Å². The maximum atomic E-state index is 11.9. The van der Waals surface area contributed by atoms with E-state index in [1.807, 2.05) is 37.3 Å². The Morgan fingerprint density at radius 3 is 2.72 bits per heavy atom. The summed E-state index contributed by atoms with van der Waals surface area (Å²) in [5.41, 5.74) is 1.32. The molecule has 1 N–H and O–H groups in total. The molecule has 0 aliphatic carbocycles. The summed E-state index contributed by atoms with van der Waals surface area (Å²) in [5.74, 6) is -0.102. The number of carbonyl (C=O) groups excluding carboxylic acids is 1. The van der Waals surface area contributed by atoms with E-state index in [0.29, 0.717) is 17.9 Å². The van der Waals surface area contributed by atoms with Gasteiger partial charge < -0.3 is 9.26 Å². The zero-order chi connectivity index (χ0) is 18.3. The van der Waals surface area contributed by atoms with E-state index in [1.165, 1.54) is 6.92 Å². The molecule has 0 saturated carbocycles. The van der Waals surface area contributed by atoms with Crippen molar-refractivity contribution < 1.29 is 22.5 Å². The predicted molar refractivity (Wildman–Crippen MR) is 93.0 cm³/mol. The van der Waals surface area contributed by atoms with Gasteiger partial charge in [-0.2, -0.15) is 0 Å². The van der Waals surface area contributed by atoms with Crippen LogP contribution < -0.4 is 4.72 Å². The van der Waals surface area contributed by atoms with Crippen LogP contribution in [0.1, 0.15) is 32.4 Å². The summed E-state index contributed by atoms with van der Waals surface area (Å²) in [6.07, 6.45) is 1.30. The molecule has 0 saturated heterocycles. The minimum atomic E-state index is -3.49. The first-order chi connectivity index (χ1) is 11.9. The summed E-state index contributed by atoms with van der Waals surface area (Å²) in [7, 11) is -3.49. The first-order valence-corrected chi connectivity index (χ1v) is 9.74. The van der Waals surface area contributed by atoms with Crippen molar-refractivity contribution in [1.29, 1.82) is 0 Å². The van der Waals surface area contributed by atoms with E-state index in [-0.39, 0.29) is 12.4 Å². The van der Waals surface area contributed by atoms with Crippen LogP contribution >= 0.6 is 0 Å². The number of carbonyl (C=O) groups is 1. The molecule has 1 aromatic heterocycles. The smallest absolute Gasteiger partial charge is 0.324 e. The van der Waals surface area contributed by atoms with Crippen molar-refractivity contribution >= 4 is 16.0 Å². The second-order valence-corrected chi connectivity index (χ2v) is 7.54. The van der Waals surface area contributed by atoms with E-state index in [2.05, 4.69) is 9.88 Å². The summed E-state index contributed by atoms with van der Waals surface area (Å²) >= 11 is 0. The number of ether oxygens (including phenoxy) is 1. The van der Waals surface area contributed by atoms with Crippen LogP contribution in [0.2, 0.25) is 0 Å². The van der Waals surface area contributed by atoms with E-state index >= 15 is 0 Å². The van der Waals surface area contributed by atoms with Crippen molar-refractivity contribution in [1.82, 2.24) is 9.88 Å². The first kappa shape index (κ1) is 19.1. The van der Waals surface area contributed by atoms with Crippen LogP contribution in [0.15, 0.2) is 40.9 Å². The van der Waals surface area contributed by atoms with Gasteiger partial charge in [-0.1, -0.05) is 48.8 Å². The fraction of sp³-hybridized carbons (Fsp3) is 0.412. The van der Waals surface area contributed by atoms with Crippen molar-refractivity contribution in [2.75, 3.05) is 5.75 Å². The molecule has 2 rings (SSSR count). The highest BCUT2D eigenvalue weighted by Crippen LogP contribution is 2.20. The predicted octanol–water partition coefficient (Wildman–Crippen LogP) is 2.49. The molecular weight excluding hydrogens is 344 g/mol. The van der Waals surface area contributed by atoms with Gasteiger partial charge in [-0.25, -0.2) is 13.1 Å². The Labute approximate surface area is 147 Å². The van der Waals surface area contributed by atoms with Crippen LogP contribution in [0, 0.1) is 0 Å². The van der Waals surface area contributed by atoms with Crippen molar-refractivity contribution in [3.8, 4) is 11.3 Å². The number of sulfonamides is 1. The zero-order valence-corrected chi connectivity index (χ0v) is 15.1. The fourth-order valence-electron chi connectivity index (χ4n) is 2.10. The normalized spacial score (nSPS) is 12.7. The molecule has 0 bridgehead atoms. The Morgan fingerprint density at radius 1 is 1.32 bits per heavy atom. The summed E-state index contributed by atoms with van der Waals surface area (Å²) in [5, 5.41) is 3.85. The molecule has 0 unspecified atom stereocenters.